The lowest BCUT2D eigenvalue weighted by Crippen LogP contribution is -2.30. The van der Waals surface area contributed by atoms with Crippen molar-refractivity contribution in [3.63, 3.8) is 0 Å². The van der Waals surface area contributed by atoms with E-state index >= 15 is 0 Å². The number of anilines is 5. The molecule has 170 valence electrons. The van der Waals surface area contributed by atoms with Gasteiger partial charge < -0.3 is 10.2 Å². The van der Waals surface area contributed by atoms with Gasteiger partial charge in [-0.2, -0.15) is 0 Å². The summed E-state index contributed by atoms with van der Waals surface area (Å²) in [6.07, 6.45) is 0. The average molecular weight is 453 g/mol. The molecular weight excluding hydrogens is 424 g/mol. The maximum atomic E-state index is 3.53. The number of benzene rings is 5. The van der Waals surface area contributed by atoms with Gasteiger partial charge in [0, 0.05) is 22.5 Å². The second kappa shape index (κ2) is 8.48. The Labute approximate surface area is 207 Å². The van der Waals surface area contributed by atoms with E-state index in [9.17, 15) is 0 Å². The zero-order valence-electron chi connectivity index (χ0n) is 20.1. The smallest absolute Gasteiger partial charge is 0.0508 e. The van der Waals surface area contributed by atoms with Crippen molar-refractivity contribution in [1.82, 2.24) is 0 Å². The van der Waals surface area contributed by atoms with E-state index in [4.69, 9.17) is 0 Å². The Kier molecular flexibility index (Phi) is 5.15. The van der Waals surface area contributed by atoms with Crippen molar-refractivity contribution in [2.24, 2.45) is 0 Å². The molecule has 35 heavy (non-hydrogen) atoms. The summed E-state index contributed by atoms with van der Waals surface area (Å²) in [6.45, 7) is 4.66. The van der Waals surface area contributed by atoms with E-state index in [1.807, 2.05) is 18.2 Å². The lowest BCUT2D eigenvalue weighted by Gasteiger charge is -2.42. The van der Waals surface area contributed by atoms with Crippen molar-refractivity contribution in [2.75, 3.05) is 10.2 Å². The Morgan fingerprint density at radius 3 is 1.94 bits per heavy atom. The fourth-order valence-corrected chi connectivity index (χ4v) is 5.22. The van der Waals surface area contributed by atoms with Gasteiger partial charge in [-0.15, -0.1) is 0 Å². The molecule has 0 unspecified atom stereocenters. The molecule has 2 heteroatoms. The van der Waals surface area contributed by atoms with Crippen molar-refractivity contribution in [1.29, 1.82) is 0 Å². The lowest BCUT2D eigenvalue weighted by atomic mass is 9.73. The molecule has 0 amide bonds. The Morgan fingerprint density at radius 2 is 1.14 bits per heavy atom. The average Bonchev–Trinajstić information content (AvgIpc) is 2.90. The SMILES string of the molecule is CC1(C)c2ccccc2N(c2ccccc2)c2cc(-c3cccc(Nc4ccccc4)c3)ccc21. The molecule has 0 atom stereocenters. The van der Waals surface area contributed by atoms with Gasteiger partial charge >= 0.3 is 0 Å². The quantitative estimate of drug-likeness (QED) is 0.292. The second-order valence-electron chi connectivity index (χ2n) is 9.62. The van der Waals surface area contributed by atoms with E-state index in [0.717, 1.165) is 11.4 Å². The van der Waals surface area contributed by atoms with E-state index in [2.05, 4.69) is 133 Å². The monoisotopic (exact) mass is 452 g/mol. The zero-order valence-corrected chi connectivity index (χ0v) is 20.1. The molecule has 0 radical (unpaired) electrons. The van der Waals surface area contributed by atoms with Gasteiger partial charge in [0.2, 0.25) is 0 Å². The van der Waals surface area contributed by atoms with Gasteiger partial charge in [-0.05, 0) is 70.8 Å². The topological polar surface area (TPSA) is 15.3 Å². The van der Waals surface area contributed by atoms with Gasteiger partial charge in [0.25, 0.3) is 0 Å². The van der Waals surface area contributed by atoms with Crippen LogP contribution < -0.4 is 10.2 Å². The highest BCUT2D eigenvalue weighted by Crippen LogP contribution is 2.52. The van der Waals surface area contributed by atoms with Crippen LogP contribution in [0.1, 0.15) is 25.0 Å². The van der Waals surface area contributed by atoms with Crippen LogP contribution in [0.2, 0.25) is 0 Å². The number of fused-ring (bicyclic) bond motifs is 2. The molecule has 0 fully saturated rings. The summed E-state index contributed by atoms with van der Waals surface area (Å²) in [4.78, 5) is 2.41. The van der Waals surface area contributed by atoms with Gasteiger partial charge in [0.15, 0.2) is 0 Å². The molecular formula is C33H28N2. The highest BCUT2D eigenvalue weighted by Gasteiger charge is 2.36. The first kappa shape index (κ1) is 21.2. The van der Waals surface area contributed by atoms with E-state index in [0.29, 0.717) is 0 Å². The number of rotatable bonds is 4. The molecule has 6 rings (SSSR count). The van der Waals surface area contributed by atoms with Crippen LogP contribution in [0.25, 0.3) is 11.1 Å². The van der Waals surface area contributed by atoms with Crippen molar-refractivity contribution >= 4 is 28.4 Å². The maximum absolute atomic E-state index is 3.53. The summed E-state index contributed by atoms with van der Waals surface area (Å²) in [5.74, 6) is 0. The van der Waals surface area contributed by atoms with Gasteiger partial charge in [-0.1, -0.05) is 92.7 Å². The largest absolute Gasteiger partial charge is 0.356 e. The normalized spacial score (nSPS) is 13.6. The molecule has 0 spiro atoms. The number of hydrogen-bond donors (Lipinski definition) is 1. The van der Waals surface area contributed by atoms with Gasteiger partial charge in [-0.25, -0.2) is 0 Å². The Bertz CT molecular complexity index is 1490. The highest BCUT2D eigenvalue weighted by atomic mass is 15.2. The fourth-order valence-electron chi connectivity index (χ4n) is 5.22. The molecule has 2 nitrogen and oxygen atoms in total. The molecule has 5 aromatic rings. The predicted octanol–water partition coefficient (Wildman–Crippen LogP) is 9.21. The Balaban J connectivity index is 1.48. The predicted molar refractivity (Wildman–Crippen MR) is 148 cm³/mol. The Morgan fingerprint density at radius 1 is 0.514 bits per heavy atom. The number of nitrogens with zero attached hydrogens (tertiary/aromatic N) is 1. The van der Waals surface area contributed by atoms with Crippen LogP contribution >= 0.6 is 0 Å². The number of nitrogens with one attached hydrogen (secondary N) is 1. The zero-order chi connectivity index (χ0) is 23.8. The summed E-state index contributed by atoms with van der Waals surface area (Å²) in [6, 6.07) is 45.3. The molecule has 1 aliphatic rings. The molecule has 1 heterocycles. The fraction of sp³-hybridized carbons (Fsp3) is 0.0909. The molecule has 0 aliphatic carbocycles. The van der Waals surface area contributed by atoms with Crippen LogP contribution in [-0.2, 0) is 5.41 Å². The van der Waals surface area contributed by atoms with E-state index in [-0.39, 0.29) is 5.41 Å². The molecule has 1 aliphatic heterocycles. The third-order valence-electron chi connectivity index (χ3n) is 7.00. The van der Waals surface area contributed by atoms with Crippen molar-refractivity contribution in [3.8, 4) is 11.1 Å². The Hall–Kier alpha value is -4.30. The van der Waals surface area contributed by atoms with E-state index in [1.165, 1.54) is 39.3 Å². The lowest BCUT2D eigenvalue weighted by molar-refractivity contribution is 0.632. The van der Waals surface area contributed by atoms with Crippen LogP contribution in [-0.4, -0.2) is 0 Å². The van der Waals surface area contributed by atoms with Crippen molar-refractivity contribution in [3.05, 3.63) is 139 Å². The minimum atomic E-state index is -0.0908. The third kappa shape index (κ3) is 3.77. The van der Waals surface area contributed by atoms with Crippen molar-refractivity contribution < 1.29 is 0 Å². The van der Waals surface area contributed by atoms with Crippen LogP contribution in [0.4, 0.5) is 28.4 Å². The highest BCUT2D eigenvalue weighted by molar-refractivity contribution is 5.88. The second-order valence-corrected chi connectivity index (χ2v) is 9.62. The summed E-state index contributed by atoms with van der Waals surface area (Å²) < 4.78 is 0. The van der Waals surface area contributed by atoms with E-state index < -0.39 is 0 Å². The minimum Gasteiger partial charge on any atom is -0.356 e. The number of para-hydroxylation sites is 3. The summed E-state index contributed by atoms with van der Waals surface area (Å²) >= 11 is 0. The first-order valence-corrected chi connectivity index (χ1v) is 12.1. The summed E-state index contributed by atoms with van der Waals surface area (Å²) in [5, 5.41) is 3.53. The first-order chi connectivity index (χ1) is 17.1. The van der Waals surface area contributed by atoms with Crippen LogP contribution in [0.15, 0.2) is 127 Å². The molecule has 0 saturated carbocycles. The number of hydrogen-bond acceptors (Lipinski definition) is 2. The minimum absolute atomic E-state index is 0.0908. The standard InChI is InChI=1S/C33H28N2/c1-33(2)29-18-9-10-19-31(29)35(28-16-7-4-8-17-28)32-23-25(20-21-30(32)33)24-12-11-15-27(22-24)34-26-13-5-3-6-14-26/h3-23,34H,1-2H3. The first-order valence-electron chi connectivity index (χ1n) is 12.1. The van der Waals surface area contributed by atoms with Gasteiger partial charge in [0.1, 0.15) is 0 Å². The third-order valence-corrected chi connectivity index (χ3v) is 7.00. The molecule has 0 saturated heterocycles. The van der Waals surface area contributed by atoms with Crippen LogP contribution in [0.5, 0.6) is 0 Å². The van der Waals surface area contributed by atoms with Crippen molar-refractivity contribution in [2.45, 2.75) is 19.3 Å². The maximum Gasteiger partial charge on any atom is 0.0508 e. The molecule has 5 aromatic carbocycles. The molecule has 0 aromatic heterocycles. The molecule has 0 bridgehead atoms. The van der Waals surface area contributed by atoms with Gasteiger partial charge in [0.05, 0.1) is 11.4 Å². The van der Waals surface area contributed by atoms with Gasteiger partial charge in [-0.3, -0.25) is 0 Å². The van der Waals surface area contributed by atoms with E-state index in [1.54, 1.807) is 0 Å². The molecule has 1 N–H and O–H groups in total. The summed E-state index contributed by atoms with van der Waals surface area (Å²) in [7, 11) is 0. The van der Waals surface area contributed by atoms with Crippen LogP contribution in [0.3, 0.4) is 0 Å². The summed E-state index contributed by atoms with van der Waals surface area (Å²) in [5.41, 5.74) is 10.8. The van der Waals surface area contributed by atoms with Crippen LogP contribution in [0, 0.1) is 0 Å².